The molecule has 0 unspecified atom stereocenters. The Morgan fingerprint density at radius 1 is 1.32 bits per heavy atom. The minimum Gasteiger partial charge on any atom is -0.323 e. The SMILES string of the molecule is CC(C)n1ccc(Nc2nc(Cl)nc3sccc23)n1. The van der Waals surface area contributed by atoms with Gasteiger partial charge in [-0.2, -0.15) is 10.1 Å². The van der Waals surface area contributed by atoms with Gasteiger partial charge in [-0.25, -0.2) is 4.98 Å². The highest BCUT2D eigenvalue weighted by Crippen LogP contribution is 2.28. The first-order chi connectivity index (χ1) is 9.13. The molecule has 0 saturated heterocycles. The third-order valence-electron chi connectivity index (χ3n) is 2.68. The molecule has 0 atom stereocenters. The van der Waals surface area contributed by atoms with Crippen LogP contribution in [-0.4, -0.2) is 19.7 Å². The molecule has 0 radical (unpaired) electrons. The van der Waals surface area contributed by atoms with Crippen LogP contribution in [0.15, 0.2) is 23.7 Å². The average Bonchev–Trinajstić information content (AvgIpc) is 2.96. The monoisotopic (exact) mass is 293 g/mol. The molecule has 0 bridgehead atoms. The van der Waals surface area contributed by atoms with E-state index in [2.05, 4.69) is 34.2 Å². The summed E-state index contributed by atoms with van der Waals surface area (Å²) in [4.78, 5) is 9.27. The molecular formula is C12H12ClN5S. The summed E-state index contributed by atoms with van der Waals surface area (Å²) < 4.78 is 1.88. The molecule has 3 heterocycles. The summed E-state index contributed by atoms with van der Waals surface area (Å²) in [6.07, 6.45) is 1.93. The summed E-state index contributed by atoms with van der Waals surface area (Å²) >= 11 is 7.46. The first kappa shape index (κ1) is 12.4. The van der Waals surface area contributed by atoms with Gasteiger partial charge in [-0.3, -0.25) is 4.68 Å². The zero-order valence-corrected chi connectivity index (χ0v) is 12.0. The summed E-state index contributed by atoms with van der Waals surface area (Å²) in [5.41, 5.74) is 0. The van der Waals surface area contributed by atoms with Crippen LogP contribution >= 0.6 is 22.9 Å². The van der Waals surface area contributed by atoms with E-state index in [0.29, 0.717) is 11.9 Å². The molecule has 3 rings (SSSR count). The summed E-state index contributed by atoms with van der Waals surface area (Å²) in [7, 11) is 0. The first-order valence-electron chi connectivity index (χ1n) is 5.86. The lowest BCUT2D eigenvalue weighted by atomic mass is 10.4. The van der Waals surface area contributed by atoms with Crippen LogP contribution in [0.25, 0.3) is 10.2 Å². The van der Waals surface area contributed by atoms with Gasteiger partial charge in [-0.15, -0.1) is 11.3 Å². The minimum atomic E-state index is 0.237. The van der Waals surface area contributed by atoms with Gasteiger partial charge in [-0.1, -0.05) is 0 Å². The van der Waals surface area contributed by atoms with Gasteiger partial charge in [0.1, 0.15) is 10.6 Å². The van der Waals surface area contributed by atoms with Gasteiger partial charge in [0.2, 0.25) is 5.28 Å². The van der Waals surface area contributed by atoms with Crippen molar-refractivity contribution in [2.75, 3.05) is 5.32 Å². The average molecular weight is 294 g/mol. The van der Waals surface area contributed by atoms with E-state index in [1.807, 2.05) is 28.4 Å². The van der Waals surface area contributed by atoms with Crippen molar-refractivity contribution >= 4 is 44.8 Å². The second kappa shape index (κ2) is 4.79. The zero-order chi connectivity index (χ0) is 13.4. The molecule has 0 aliphatic carbocycles. The molecule has 0 amide bonds. The van der Waals surface area contributed by atoms with E-state index in [9.17, 15) is 0 Å². The minimum absolute atomic E-state index is 0.237. The van der Waals surface area contributed by atoms with Crippen LogP contribution < -0.4 is 5.32 Å². The van der Waals surface area contributed by atoms with Crippen molar-refractivity contribution in [1.82, 2.24) is 19.7 Å². The van der Waals surface area contributed by atoms with Crippen LogP contribution in [0.1, 0.15) is 19.9 Å². The molecule has 3 aromatic heterocycles. The van der Waals surface area contributed by atoms with E-state index in [1.54, 1.807) is 0 Å². The molecule has 0 aromatic carbocycles. The largest absolute Gasteiger partial charge is 0.323 e. The Bertz CT molecular complexity index is 718. The number of nitrogens with one attached hydrogen (secondary N) is 1. The third kappa shape index (κ3) is 2.41. The van der Waals surface area contributed by atoms with E-state index < -0.39 is 0 Å². The van der Waals surface area contributed by atoms with Gasteiger partial charge >= 0.3 is 0 Å². The quantitative estimate of drug-likeness (QED) is 0.745. The molecule has 0 fully saturated rings. The highest BCUT2D eigenvalue weighted by molar-refractivity contribution is 7.16. The van der Waals surface area contributed by atoms with Crippen LogP contribution in [0.4, 0.5) is 11.6 Å². The van der Waals surface area contributed by atoms with E-state index in [0.717, 1.165) is 16.0 Å². The number of halogens is 1. The van der Waals surface area contributed by atoms with Crippen molar-refractivity contribution in [2.45, 2.75) is 19.9 Å². The van der Waals surface area contributed by atoms with Crippen molar-refractivity contribution in [1.29, 1.82) is 0 Å². The number of rotatable bonds is 3. The Morgan fingerprint density at radius 3 is 2.89 bits per heavy atom. The van der Waals surface area contributed by atoms with Crippen molar-refractivity contribution in [3.8, 4) is 0 Å². The van der Waals surface area contributed by atoms with Crippen molar-refractivity contribution in [3.63, 3.8) is 0 Å². The van der Waals surface area contributed by atoms with Crippen molar-refractivity contribution < 1.29 is 0 Å². The molecule has 7 heteroatoms. The van der Waals surface area contributed by atoms with Crippen molar-refractivity contribution in [3.05, 3.63) is 29.0 Å². The molecular weight excluding hydrogens is 282 g/mol. The Morgan fingerprint density at radius 2 is 2.16 bits per heavy atom. The number of nitrogens with zero attached hydrogens (tertiary/aromatic N) is 4. The molecule has 98 valence electrons. The highest BCUT2D eigenvalue weighted by atomic mass is 35.5. The van der Waals surface area contributed by atoms with Crippen LogP contribution in [0.3, 0.4) is 0 Å². The zero-order valence-electron chi connectivity index (χ0n) is 10.5. The summed E-state index contributed by atoms with van der Waals surface area (Å²) in [6.45, 7) is 4.16. The van der Waals surface area contributed by atoms with Gasteiger partial charge in [0.25, 0.3) is 0 Å². The summed E-state index contributed by atoms with van der Waals surface area (Å²) in [5, 5.41) is 10.8. The lowest BCUT2D eigenvalue weighted by Gasteiger charge is -2.06. The molecule has 1 N–H and O–H groups in total. The standard InChI is InChI=1S/C12H12ClN5S/c1-7(2)18-5-3-9(17-18)14-10-8-4-6-19-11(8)16-12(13)15-10/h3-7H,1-2H3,(H,14,15,16,17). The number of anilines is 2. The molecule has 0 aliphatic rings. The summed E-state index contributed by atoms with van der Waals surface area (Å²) in [6, 6.07) is 4.21. The Balaban J connectivity index is 1.97. The van der Waals surface area contributed by atoms with Crippen LogP contribution in [0, 0.1) is 0 Å². The molecule has 5 nitrogen and oxygen atoms in total. The lowest BCUT2D eigenvalue weighted by molar-refractivity contribution is 0.534. The normalized spacial score (nSPS) is 11.4. The summed E-state index contributed by atoms with van der Waals surface area (Å²) in [5.74, 6) is 1.43. The van der Waals surface area contributed by atoms with Gasteiger partial charge in [0.05, 0.1) is 5.39 Å². The van der Waals surface area contributed by atoms with Gasteiger partial charge < -0.3 is 5.32 Å². The second-order valence-corrected chi connectivity index (χ2v) is 5.61. The molecule has 3 aromatic rings. The van der Waals surface area contributed by atoms with Crippen LogP contribution in [-0.2, 0) is 0 Å². The predicted molar refractivity (Wildman–Crippen MR) is 78.3 cm³/mol. The van der Waals surface area contributed by atoms with E-state index in [4.69, 9.17) is 11.6 Å². The maximum Gasteiger partial charge on any atom is 0.225 e. The number of hydrogen-bond acceptors (Lipinski definition) is 5. The Labute approximate surface area is 119 Å². The predicted octanol–water partition coefficient (Wildman–Crippen LogP) is 3.87. The number of fused-ring (bicyclic) bond motifs is 1. The Hall–Kier alpha value is -1.66. The third-order valence-corrected chi connectivity index (χ3v) is 3.66. The molecule has 0 saturated carbocycles. The molecule has 19 heavy (non-hydrogen) atoms. The van der Waals surface area contributed by atoms with Crippen LogP contribution in [0.5, 0.6) is 0 Å². The molecule has 0 spiro atoms. The fourth-order valence-electron chi connectivity index (χ4n) is 1.74. The van der Waals surface area contributed by atoms with Gasteiger partial charge in [0, 0.05) is 18.3 Å². The van der Waals surface area contributed by atoms with Gasteiger partial charge in [-0.05, 0) is 36.9 Å². The maximum absolute atomic E-state index is 5.92. The van der Waals surface area contributed by atoms with Gasteiger partial charge in [0.15, 0.2) is 5.82 Å². The maximum atomic E-state index is 5.92. The fourth-order valence-corrected chi connectivity index (χ4v) is 2.72. The van der Waals surface area contributed by atoms with E-state index in [-0.39, 0.29) is 5.28 Å². The Kier molecular flexibility index (Phi) is 3.12. The van der Waals surface area contributed by atoms with E-state index in [1.165, 1.54) is 11.3 Å². The first-order valence-corrected chi connectivity index (χ1v) is 7.12. The lowest BCUT2D eigenvalue weighted by Crippen LogP contribution is -2.02. The molecule has 0 aliphatic heterocycles. The van der Waals surface area contributed by atoms with Crippen LogP contribution in [0.2, 0.25) is 5.28 Å². The number of hydrogen-bond donors (Lipinski definition) is 1. The highest BCUT2D eigenvalue weighted by Gasteiger charge is 2.09. The smallest absolute Gasteiger partial charge is 0.225 e. The fraction of sp³-hybridized carbons (Fsp3) is 0.250. The topological polar surface area (TPSA) is 55.6 Å². The van der Waals surface area contributed by atoms with Crippen molar-refractivity contribution in [2.24, 2.45) is 0 Å². The number of thiophene rings is 1. The van der Waals surface area contributed by atoms with E-state index >= 15 is 0 Å². The second-order valence-electron chi connectivity index (χ2n) is 4.38. The number of aromatic nitrogens is 4.